The first-order chi connectivity index (χ1) is 33.7. The number of fused-ring (bicyclic) bond motifs is 12. The fourth-order valence-corrected chi connectivity index (χ4v) is 12.8. The van der Waals surface area contributed by atoms with Gasteiger partial charge >= 0.3 is 0 Å². The van der Waals surface area contributed by atoms with Gasteiger partial charge in [-0.1, -0.05) is 121 Å². The maximum Gasteiger partial charge on any atom is 0.116 e. The van der Waals surface area contributed by atoms with Gasteiger partial charge in [0.05, 0.1) is 67.2 Å². The van der Waals surface area contributed by atoms with Gasteiger partial charge in [-0.05, 0) is 121 Å². The van der Waals surface area contributed by atoms with Gasteiger partial charge in [0, 0.05) is 52.5 Å². The molecule has 0 spiro atoms. The van der Waals surface area contributed by atoms with E-state index in [1.54, 1.807) is 0 Å². The van der Waals surface area contributed by atoms with Crippen LogP contribution in [-0.2, 0) is 0 Å². The number of rotatable bonds is 4. The highest BCUT2D eigenvalue weighted by Gasteiger charge is 2.28. The first-order valence-electron chi connectivity index (χ1n) is 22.8. The Hall–Kier alpha value is -8.30. The number of anilines is 6. The lowest BCUT2D eigenvalue weighted by Gasteiger charge is -2.32. The minimum atomic E-state index is 0.838. The largest absolute Gasteiger partial charge is 0.308 e. The number of para-hydroxylation sites is 8. The standard InChI is InChI=1S/C60H36N6S2/c1-5-19-45-39(15-1)41-35-37(63-49-21-7-11-25-55(49)67-56-26-12-8-22-50(56)63)29-31-47(41)65(45)53-33-34-54(60-59(53)61-43-17-3-4-18-44(43)62-60)66-46-20-6-2-16-40(46)42-36-38(30-32-48(42)66)64-51-23-9-13-27-57(51)68-58-28-14-10-24-52(58)64/h1-36H. The second-order valence-corrected chi connectivity index (χ2v) is 19.5. The smallest absolute Gasteiger partial charge is 0.116 e. The van der Waals surface area contributed by atoms with Crippen LogP contribution < -0.4 is 9.80 Å². The molecule has 318 valence electrons. The van der Waals surface area contributed by atoms with Gasteiger partial charge in [0.2, 0.25) is 0 Å². The van der Waals surface area contributed by atoms with Crippen LogP contribution in [0.1, 0.15) is 0 Å². The van der Waals surface area contributed by atoms with E-state index in [1.165, 1.54) is 63.9 Å². The molecule has 5 heterocycles. The van der Waals surface area contributed by atoms with E-state index in [2.05, 4.69) is 225 Å². The molecule has 8 heteroatoms. The molecule has 0 saturated heterocycles. The molecule has 10 aromatic carbocycles. The van der Waals surface area contributed by atoms with Crippen molar-refractivity contribution in [3.05, 3.63) is 218 Å². The molecule has 0 aliphatic carbocycles. The molecule has 0 unspecified atom stereocenters. The van der Waals surface area contributed by atoms with Gasteiger partial charge < -0.3 is 18.9 Å². The van der Waals surface area contributed by atoms with Crippen LogP contribution in [0.2, 0.25) is 0 Å². The van der Waals surface area contributed by atoms with Gasteiger partial charge in [-0.3, -0.25) is 0 Å². The van der Waals surface area contributed by atoms with E-state index in [1.807, 2.05) is 35.7 Å². The number of benzene rings is 10. The zero-order valence-electron chi connectivity index (χ0n) is 36.3. The number of hydrogen-bond acceptors (Lipinski definition) is 6. The van der Waals surface area contributed by atoms with Crippen LogP contribution in [-0.4, -0.2) is 19.1 Å². The van der Waals surface area contributed by atoms with E-state index in [4.69, 9.17) is 9.97 Å². The first-order valence-corrected chi connectivity index (χ1v) is 24.5. The van der Waals surface area contributed by atoms with Gasteiger partial charge in [0.15, 0.2) is 0 Å². The van der Waals surface area contributed by atoms with E-state index in [0.29, 0.717) is 0 Å². The number of nitrogens with zero attached hydrogens (tertiary/aromatic N) is 6. The van der Waals surface area contributed by atoms with Crippen molar-refractivity contribution in [1.82, 2.24) is 19.1 Å². The van der Waals surface area contributed by atoms with Crippen LogP contribution in [0.15, 0.2) is 238 Å². The highest BCUT2D eigenvalue weighted by molar-refractivity contribution is 8.00. The summed E-state index contributed by atoms with van der Waals surface area (Å²) in [6.07, 6.45) is 0. The van der Waals surface area contributed by atoms with Crippen LogP contribution in [0.3, 0.4) is 0 Å². The van der Waals surface area contributed by atoms with Crippen molar-refractivity contribution in [2.45, 2.75) is 19.6 Å². The van der Waals surface area contributed by atoms with Crippen molar-refractivity contribution in [3.8, 4) is 11.4 Å². The second-order valence-electron chi connectivity index (χ2n) is 17.4. The van der Waals surface area contributed by atoms with Gasteiger partial charge in [-0.2, -0.15) is 0 Å². The quantitative estimate of drug-likeness (QED) is 0.164. The van der Waals surface area contributed by atoms with Crippen molar-refractivity contribution < 1.29 is 0 Å². The van der Waals surface area contributed by atoms with Gasteiger partial charge in [-0.15, -0.1) is 0 Å². The van der Waals surface area contributed by atoms with E-state index in [9.17, 15) is 0 Å². The summed E-state index contributed by atoms with van der Waals surface area (Å²) < 4.78 is 4.78. The normalized spacial score (nSPS) is 13.1. The summed E-state index contributed by atoms with van der Waals surface area (Å²) in [6.45, 7) is 0. The van der Waals surface area contributed by atoms with Crippen LogP contribution in [0.5, 0.6) is 0 Å². The van der Waals surface area contributed by atoms with Gasteiger partial charge in [0.25, 0.3) is 0 Å². The fourth-order valence-electron chi connectivity index (χ4n) is 10.7. The van der Waals surface area contributed by atoms with Gasteiger partial charge in [-0.25, -0.2) is 9.97 Å². The van der Waals surface area contributed by atoms with E-state index in [0.717, 1.165) is 66.9 Å². The monoisotopic (exact) mass is 904 g/mol. The highest BCUT2D eigenvalue weighted by atomic mass is 32.2. The Morgan fingerprint density at radius 2 is 0.618 bits per heavy atom. The third-order valence-electron chi connectivity index (χ3n) is 13.6. The molecule has 0 fully saturated rings. The second kappa shape index (κ2) is 14.6. The van der Waals surface area contributed by atoms with E-state index in [-0.39, 0.29) is 0 Å². The highest BCUT2D eigenvalue weighted by Crippen LogP contribution is 2.54. The maximum absolute atomic E-state index is 5.52. The summed E-state index contributed by atoms with van der Waals surface area (Å²) in [5.41, 5.74) is 16.8. The van der Waals surface area contributed by atoms with Crippen LogP contribution in [0.4, 0.5) is 34.1 Å². The topological polar surface area (TPSA) is 42.1 Å². The fraction of sp³-hybridized carbons (Fsp3) is 0. The summed E-state index contributed by atoms with van der Waals surface area (Å²) in [5, 5.41) is 4.71. The summed E-state index contributed by atoms with van der Waals surface area (Å²) >= 11 is 3.66. The van der Waals surface area contributed by atoms with Crippen LogP contribution >= 0.6 is 23.5 Å². The Labute approximate surface area is 399 Å². The molecular formula is C60H36N6S2. The minimum Gasteiger partial charge on any atom is -0.308 e. The Kier molecular flexibility index (Phi) is 8.13. The van der Waals surface area contributed by atoms with Crippen molar-refractivity contribution in [1.29, 1.82) is 0 Å². The Morgan fingerprint density at radius 3 is 1.03 bits per heavy atom. The average molecular weight is 905 g/mol. The summed E-state index contributed by atoms with van der Waals surface area (Å²) in [7, 11) is 0. The third kappa shape index (κ3) is 5.50. The Bertz CT molecular complexity index is 3900. The average Bonchev–Trinajstić information content (AvgIpc) is 3.90. The predicted molar refractivity (Wildman–Crippen MR) is 283 cm³/mol. The zero-order chi connectivity index (χ0) is 44.5. The molecule has 0 N–H and O–H groups in total. The molecule has 15 rings (SSSR count). The molecule has 68 heavy (non-hydrogen) atoms. The number of aromatic nitrogens is 4. The third-order valence-corrected chi connectivity index (χ3v) is 15.9. The van der Waals surface area contributed by atoms with Crippen molar-refractivity contribution in [2.75, 3.05) is 9.80 Å². The minimum absolute atomic E-state index is 0.838. The molecule has 0 bridgehead atoms. The van der Waals surface area contributed by atoms with Crippen molar-refractivity contribution in [3.63, 3.8) is 0 Å². The van der Waals surface area contributed by atoms with Crippen LogP contribution in [0, 0.1) is 0 Å². The lowest BCUT2D eigenvalue weighted by atomic mass is 10.1. The molecule has 6 nitrogen and oxygen atoms in total. The number of hydrogen-bond donors (Lipinski definition) is 0. The molecule has 0 radical (unpaired) electrons. The van der Waals surface area contributed by atoms with E-state index >= 15 is 0 Å². The lowest BCUT2D eigenvalue weighted by Crippen LogP contribution is -2.14. The lowest BCUT2D eigenvalue weighted by molar-refractivity contribution is 1.14. The van der Waals surface area contributed by atoms with Gasteiger partial charge in [0.1, 0.15) is 11.0 Å². The van der Waals surface area contributed by atoms with Crippen LogP contribution in [0.25, 0.3) is 77.1 Å². The molecule has 0 saturated carbocycles. The van der Waals surface area contributed by atoms with E-state index < -0.39 is 0 Å². The molecule has 2 aliphatic rings. The summed E-state index contributed by atoms with van der Waals surface area (Å²) in [4.78, 5) is 20.8. The van der Waals surface area contributed by atoms with Crippen molar-refractivity contribution in [2.24, 2.45) is 0 Å². The zero-order valence-corrected chi connectivity index (χ0v) is 37.9. The Morgan fingerprint density at radius 1 is 0.279 bits per heavy atom. The molecule has 3 aromatic heterocycles. The summed E-state index contributed by atoms with van der Waals surface area (Å²) in [5.74, 6) is 0. The summed E-state index contributed by atoms with van der Waals surface area (Å²) in [6, 6.07) is 78.9. The first kappa shape index (κ1) is 37.9. The maximum atomic E-state index is 5.52. The molecular weight excluding hydrogens is 869 g/mol. The Balaban J connectivity index is 0.953. The molecule has 2 aliphatic heterocycles. The molecule has 0 amide bonds. The SMILES string of the molecule is c1ccc2c(c1)Sc1ccccc1N2c1ccc2c(c1)c1ccccc1n2-c1ccc(-n2c3ccccc3c3cc(N4c5ccccc5Sc5ccccc54)ccc32)c2nc3ccccc3nc12. The van der Waals surface area contributed by atoms with Crippen molar-refractivity contribution >= 4 is 123 Å². The predicted octanol–water partition coefficient (Wildman–Crippen LogP) is 16.8. The molecule has 0 atom stereocenters. The molecule has 13 aromatic rings.